The highest BCUT2D eigenvalue weighted by Crippen LogP contribution is 2.24. The molecule has 104 valence electrons. The molecule has 6 heteroatoms. The number of carbonyl (C=O) groups is 1. The maximum atomic E-state index is 11.2. The molecule has 0 aromatic heterocycles. The van der Waals surface area contributed by atoms with Gasteiger partial charge in [-0.2, -0.15) is 0 Å². The summed E-state index contributed by atoms with van der Waals surface area (Å²) < 4.78 is 0. The summed E-state index contributed by atoms with van der Waals surface area (Å²) >= 11 is 0. The molecule has 0 saturated heterocycles. The predicted octanol–water partition coefficient (Wildman–Crippen LogP) is 3.14. The Morgan fingerprint density at radius 3 is 2.53 bits per heavy atom. The van der Waals surface area contributed by atoms with Crippen LogP contribution in [0.25, 0.3) is 0 Å². The van der Waals surface area contributed by atoms with Gasteiger partial charge in [0, 0.05) is 23.9 Å². The normalized spacial score (nSPS) is 12.2. The van der Waals surface area contributed by atoms with Crippen molar-refractivity contribution in [1.29, 1.82) is 0 Å². The van der Waals surface area contributed by atoms with E-state index in [1.54, 1.807) is 0 Å². The third-order valence-electron chi connectivity index (χ3n) is 3.03. The van der Waals surface area contributed by atoms with Crippen LogP contribution in [-0.2, 0) is 0 Å². The van der Waals surface area contributed by atoms with Crippen molar-refractivity contribution in [1.82, 2.24) is 0 Å². The molecule has 1 aromatic carbocycles. The van der Waals surface area contributed by atoms with Gasteiger partial charge >= 0.3 is 5.97 Å². The van der Waals surface area contributed by atoms with Crippen molar-refractivity contribution < 1.29 is 14.8 Å². The first kappa shape index (κ1) is 14.9. The van der Waals surface area contributed by atoms with E-state index >= 15 is 0 Å². The predicted molar refractivity (Wildman–Crippen MR) is 72.6 cm³/mol. The molecule has 1 rings (SSSR count). The van der Waals surface area contributed by atoms with Gasteiger partial charge in [0.25, 0.3) is 5.69 Å². The molecule has 1 atom stereocenters. The van der Waals surface area contributed by atoms with Gasteiger partial charge in [-0.15, -0.1) is 0 Å². The smallest absolute Gasteiger partial charge is 0.338 e. The minimum atomic E-state index is -1.18. The monoisotopic (exact) mass is 266 g/mol. The molecule has 0 aliphatic rings. The van der Waals surface area contributed by atoms with Crippen LogP contribution in [0.5, 0.6) is 0 Å². The number of carboxylic acids is 1. The molecule has 1 aromatic rings. The summed E-state index contributed by atoms with van der Waals surface area (Å²) in [4.78, 5) is 21.2. The third-order valence-corrected chi connectivity index (χ3v) is 3.03. The van der Waals surface area contributed by atoms with Crippen molar-refractivity contribution in [3.05, 3.63) is 33.9 Å². The van der Waals surface area contributed by atoms with E-state index in [2.05, 4.69) is 5.32 Å². The molecule has 1 unspecified atom stereocenters. The van der Waals surface area contributed by atoms with E-state index in [-0.39, 0.29) is 17.3 Å². The maximum absolute atomic E-state index is 11.2. The molecule has 0 fully saturated rings. The lowest BCUT2D eigenvalue weighted by Crippen LogP contribution is -2.25. The first-order valence-corrected chi connectivity index (χ1v) is 6.15. The number of anilines is 1. The summed E-state index contributed by atoms with van der Waals surface area (Å²) in [6.45, 7) is 6.07. The molecule has 0 radical (unpaired) electrons. The number of nitro groups is 1. The maximum Gasteiger partial charge on any atom is 0.338 e. The van der Waals surface area contributed by atoms with Crippen LogP contribution in [0.4, 0.5) is 11.4 Å². The first-order valence-electron chi connectivity index (χ1n) is 6.15. The zero-order valence-corrected chi connectivity index (χ0v) is 11.2. The van der Waals surface area contributed by atoms with Gasteiger partial charge in [0.15, 0.2) is 0 Å². The van der Waals surface area contributed by atoms with E-state index in [0.29, 0.717) is 11.6 Å². The van der Waals surface area contributed by atoms with Crippen LogP contribution in [0.1, 0.15) is 37.6 Å². The molecular formula is C13H18N2O4. The average molecular weight is 266 g/mol. The van der Waals surface area contributed by atoms with Crippen LogP contribution in [-0.4, -0.2) is 22.0 Å². The standard InChI is InChI=1S/C13H18N2O4/c1-4-11(8(2)3)14-12-6-5-9(15(18)19)7-10(12)13(16)17/h5-8,11,14H,4H2,1-3H3,(H,16,17). The summed E-state index contributed by atoms with van der Waals surface area (Å²) in [6, 6.07) is 3.96. The number of hydrogen-bond donors (Lipinski definition) is 2. The number of non-ortho nitro benzene ring substituents is 1. The van der Waals surface area contributed by atoms with E-state index in [1.807, 2.05) is 20.8 Å². The summed E-state index contributed by atoms with van der Waals surface area (Å²) in [6.07, 6.45) is 0.841. The lowest BCUT2D eigenvalue weighted by Gasteiger charge is -2.22. The van der Waals surface area contributed by atoms with E-state index in [0.717, 1.165) is 12.5 Å². The summed E-state index contributed by atoms with van der Waals surface area (Å²) in [5.41, 5.74) is 0.118. The van der Waals surface area contributed by atoms with Crippen LogP contribution in [0.3, 0.4) is 0 Å². The number of carboxylic acid groups (broad SMARTS) is 1. The van der Waals surface area contributed by atoms with Crippen LogP contribution in [0.15, 0.2) is 18.2 Å². The summed E-state index contributed by atoms with van der Waals surface area (Å²) in [7, 11) is 0. The van der Waals surface area contributed by atoms with Crippen molar-refractivity contribution >= 4 is 17.3 Å². The second kappa shape index (κ2) is 6.17. The lowest BCUT2D eigenvalue weighted by atomic mass is 10.0. The highest BCUT2D eigenvalue weighted by Gasteiger charge is 2.19. The zero-order chi connectivity index (χ0) is 14.6. The van der Waals surface area contributed by atoms with Crippen molar-refractivity contribution in [3.63, 3.8) is 0 Å². The lowest BCUT2D eigenvalue weighted by molar-refractivity contribution is -0.384. The van der Waals surface area contributed by atoms with E-state index in [4.69, 9.17) is 5.11 Å². The van der Waals surface area contributed by atoms with Gasteiger partial charge in [0.05, 0.1) is 10.5 Å². The van der Waals surface area contributed by atoms with Crippen LogP contribution < -0.4 is 5.32 Å². The summed E-state index contributed by atoms with van der Waals surface area (Å²) in [5.74, 6) is -0.841. The number of hydrogen-bond acceptors (Lipinski definition) is 4. The number of aromatic carboxylic acids is 1. The zero-order valence-electron chi connectivity index (χ0n) is 11.2. The van der Waals surface area contributed by atoms with Gasteiger partial charge < -0.3 is 10.4 Å². The number of nitrogens with zero attached hydrogens (tertiary/aromatic N) is 1. The van der Waals surface area contributed by atoms with E-state index in [1.165, 1.54) is 12.1 Å². The molecule has 0 saturated carbocycles. The minimum absolute atomic E-state index is 0.0756. The largest absolute Gasteiger partial charge is 0.478 e. The fraction of sp³-hybridized carbons (Fsp3) is 0.462. The second-order valence-electron chi connectivity index (χ2n) is 4.70. The average Bonchev–Trinajstić information content (AvgIpc) is 2.35. The number of nitrogens with one attached hydrogen (secondary N) is 1. The minimum Gasteiger partial charge on any atom is -0.478 e. The van der Waals surface area contributed by atoms with Crippen LogP contribution >= 0.6 is 0 Å². The Morgan fingerprint density at radius 1 is 1.47 bits per heavy atom. The Kier molecular flexibility index (Phi) is 4.86. The molecule has 0 amide bonds. The number of benzene rings is 1. The van der Waals surface area contributed by atoms with E-state index < -0.39 is 10.9 Å². The van der Waals surface area contributed by atoms with Gasteiger partial charge in [0.2, 0.25) is 0 Å². The Balaban J connectivity index is 3.13. The molecule has 0 bridgehead atoms. The Labute approximate surface area is 111 Å². The van der Waals surface area contributed by atoms with Crippen molar-refractivity contribution in [3.8, 4) is 0 Å². The Hall–Kier alpha value is -2.11. The number of nitro benzene ring substituents is 1. The second-order valence-corrected chi connectivity index (χ2v) is 4.70. The number of rotatable bonds is 6. The molecular weight excluding hydrogens is 248 g/mol. The van der Waals surface area contributed by atoms with Gasteiger partial charge in [-0.05, 0) is 18.4 Å². The highest BCUT2D eigenvalue weighted by molar-refractivity contribution is 5.95. The topological polar surface area (TPSA) is 92.5 Å². The van der Waals surface area contributed by atoms with Gasteiger partial charge in [-0.1, -0.05) is 20.8 Å². The van der Waals surface area contributed by atoms with Crippen LogP contribution in [0, 0.1) is 16.0 Å². The highest BCUT2D eigenvalue weighted by atomic mass is 16.6. The summed E-state index contributed by atoms with van der Waals surface area (Å²) in [5, 5.41) is 22.9. The third kappa shape index (κ3) is 3.67. The molecule has 0 heterocycles. The van der Waals surface area contributed by atoms with Crippen LogP contribution in [0.2, 0.25) is 0 Å². The molecule has 0 aliphatic carbocycles. The van der Waals surface area contributed by atoms with Gasteiger partial charge in [0.1, 0.15) is 0 Å². The van der Waals surface area contributed by atoms with E-state index in [9.17, 15) is 14.9 Å². The van der Waals surface area contributed by atoms with Crippen molar-refractivity contribution in [2.45, 2.75) is 33.2 Å². The fourth-order valence-corrected chi connectivity index (χ4v) is 1.89. The Bertz CT molecular complexity index is 486. The van der Waals surface area contributed by atoms with Crippen molar-refractivity contribution in [2.75, 3.05) is 5.32 Å². The van der Waals surface area contributed by atoms with Gasteiger partial charge in [-0.3, -0.25) is 10.1 Å². The van der Waals surface area contributed by atoms with Crippen molar-refractivity contribution in [2.24, 2.45) is 5.92 Å². The molecule has 19 heavy (non-hydrogen) atoms. The quantitative estimate of drug-likeness (QED) is 0.609. The van der Waals surface area contributed by atoms with Gasteiger partial charge in [-0.25, -0.2) is 4.79 Å². The molecule has 0 spiro atoms. The molecule has 0 aliphatic heterocycles. The SMILES string of the molecule is CCC(Nc1ccc([N+](=O)[O-])cc1C(=O)O)C(C)C. The fourth-order valence-electron chi connectivity index (χ4n) is 1.89. The molecule has 2 N–H and O–H groups in total. The Morgan fingerprint density at radius 2 is 2.11 bits per heavy atom. The molecule has 6 nitrogen and oxygen atoms in total. The first-order chi connectivity index (χ1) is 8.86.